The first-order chi connectivity index (χ1) is 11.1. The van der Waals surface area contributed by atoms with Gasteiger partial charge in [0.2, 0.25) is 5.91 Å². The molecule has 0 bridgehead atoms. The average Bonchev–Trinajstić information content (AvgIpc) is 3.09. The van der Waals surface area contributed by atoms with Crippen LogP contribution in [0, 0.1) is 12.8 Å². The number of rotatable bonds is 5. The molecule has 1 aliphatic heterocycles. The number of aryl methyl sites for hydroxylation is 1. The normalized spacial score (nSPS) is 20.9. The lowest BCUT2D eigenvalue weighted by Gasteiger charge is -2.26. The number of likely N-dealkylation sites (tertiary alicyclic amines) is 1. The van der Waals surface area contributed by atoms with E-state index in [9.17, 15) is 14.7 Å². The van der Waals surface area contributed by atoms with E-state index in [1.165, 1.54) is 0 Å². The Morgan fingerprint density at radius 2 is 2.26 bits per heavy atom. The van der Waals surface area contributed by atoms with Crippen molar-refractivity contribution in [2.24, 2.45) is 5.92 Å². The highest BCUT2D eigenvalue weighted by atomic mass is 32.1. The lowest BCUT2D eigenvalue weighted by atomic mass is 9.99. The van der Waals surface area contributed by atoms with Gasteiger partial charge in [-0.2, -0.15) is 0 Å². The topological polar surface area (TPSA) is 70.5 Å². The highest BCUT2D eigenvalue weighted by molar-refractivity contribution is 7.12. The summed E-state index contributed by atoms with van der Waals surface area (Å²) in [5.74, 6) is -1.66. The zero-order valence-corrected chi connectivity index (χ0v) is 13.6. The van der Waals surface area contributed by atoms with Crippen molar-refractivity contribution in [3.63, 3.8) is 0 Å². The summed E-state index contributed by atoms with van der Waals surface area (Å²) in [5.41, 5.74) is 1.04. The van der Waals surface area contributed by atoms with E-state index in [1.54, 1.807) is 28.6 Å². The number of hydrogen-bond acceptors (Lipinski definition) is 4. The number of pyridine rings is 1. The van der Waals surface area contributed by atoms with Gasteiger partial charge in [0.15, 0.2) is 0 Å². The molecule has 3 rings (SSSR count). The number of carbonyl (C=O) groups is 2. The van der Waals surface area contributed by atoms with Crippen molar-refractivity contribution >= 4 is 23.2 Å². The molecule has 2 atom stereocenters. The van der Waals surface area contributed by atoms with Crippen molar-refractivity contribution in [1.82, 2.24) is 9.88 Å². The standard InChI is InChI=1S/C17H18N2O3S/c1-11-4-5-14(23-11)16-13(17(21)22)9-15(20)19(16)8-6-12-3-2-7-18-10-12/h2-5,7,10,13,16H,6,8-9H2,1H3,(H,21,22)/t13-,16+/m1/s1. The highest BCUT2D eigenvalue weighted by Crippen LogP contribution is 2.41. The zero-order valence-electron chi connectivity index (χ0n) is 12.8. The van der Waals surface area contributed by atoms with Crippen molar-refractivity contribution < 1.29 is 14.7 Å². The van der Waals surface area contributed by atoms with Crippen LogP contribution in [-0.4, -0.2) is 33.4 Å². The minimum atomic E-state index is -0.904. The van der Waals surface area contributed by atoms with Gasteiger partial charge >= 0.3 is 5.97 Å². The van der Waals surface area contributed by atoms with Gasteiger partial charge in [-0.15, -0.1) is 11.3 Å². The molecular formula is C17H18N2O3S. The van der Waals surface area contributed by atoms with E-state index >= 15 is 0 Å². The van der Waals surface area contributed by atoms with Gasteiger partial charge in [0.05, 0.1) is 12.0 Å². The Bertz CT molecular complexity index is 714. The van der Waals surface area contributed by atoms with Crippen LogP contribution in [0.3, 0.4) is 0 Å². The van der Waals surface area contributed by atoms with Crippen molar-refractivity contribution in [3.05, 3.63) is 52.0 Å². The van der Waals surface area contributed by atoms with Crippen LogP contribution in [0.25, 0.3) is 0 Å². The fourth-order valence-electron chi connectivity index (χ4n) is 3.04. The van der Waals surface area contributed by atoms with E-state index in [1.807, 2.05) is 31.2 Å². The Kier molecular flexibility index (Phi) is 4.43. The van der Waals surface area contributed by atoms with Crippen LogP contribution < -0.4 is 0 Å². The van der Waals surface area contributed by atoms with Crippen molar-refractivity contribution in [1.29, 1.82) is 0 Å². The smallest absolute Gasteiger partial charge is 0.309 e. The summed E-state index contributed by atoms with van der Waals surface area (Å²) in [6.45, 7) is 2.50. The molecule has 1 saturated heterocycles. The molecule has 1 amide bonds. The average molecular weight is 330 g/mol. The predicted molar refractivity (Wildman–Crippen MR) is 87.2 cm³/mol. The summed E-state index contributed by atoms with van der Waals surface area (Å²) in [4.78, 5) is 31.8. The van der Waals surface area contributed by atoms with E-state index in [-0.39, 0.29) is 18.4 Å². The number of carbonyl (C=O) groups excluding carboxylic acids is 1. The second-order valence-corrected chi connectivity index (χ2v) is 7.06. The van der Waals surface area contributed by atoms with E-state index in [0.717, 1.165) is 15.3 Å². The molecule has 3 heterocycles. The van der Waals surface area contributed by atoms with E-state index < -0.39 is 11.9 Å². The van der Waals surface area contributed by atoms with Gasteiger partial charge < -0.3 is 10.0 Å². The third kappa shape index (κ3) is 3.27. The molecule has 0 radical (unpaired) electrons. The summed E-state index contributed by atoms with van der Waals surface area (Å²) in [6.07, 6.45) is 4.23. The van der Waals surface area contributed by atoms with Gasteiger partial charge in [-0.25, -0.2) is 0 Å². The van der Waals surface area contributed by atoms with Crippen molar-refractivity contribution in [2.45, 2.75) is 25.8 Å². The number of aromatic nitrogens is 1. The molecule has 1 N–H and O–H groups in total. The predicted octanol–water partition coefficient (Wildman–Crippen LogP) is 2.67. The monoisotopic (exact) mass is 330 g/mol. The maximum absolute atomic E-state index is 12.4. The number of carboxylic acids is 1. The lowest BCUT2D eigenvalue weighted by Crippen LogP contribution is -2.32. The Hall–Kier alpha value is -2.21. The van der Waals surface area contributed by atoms with E-state index in [2.05, 4.69) is 4.98 Å². The van der Waals surface area contributed by atoms with E-state index in [4.69, 9.17) is 0 Å². The van der Waals surface area contributed by atoms with Crippen molar-refractivity contribution in [3.8, 4) is 0 Å². The number of aliphatic carboxylic acids is 1. The largest absolute Gasteiger partial charge is 0.481 e. The van der Waals surface area contributed by atoms with Crippen LogP contribution in [0.4, 0.5) is 0 Å². The fraction of sp³-hybridized carbons (Fsp3) is 0.353. The summed E-state index contributed by atoms with van der Waals surface area (Å²) in [6, 6.07) is 7.38. The molecule has 0 aliphatic carbocycles. The molecule has 1 fully saturated rings. The SMILES string of the molecule is Cc1ccc([C@@H]2[C@H](C(=O)O)CC(=O)N2CCc2cccnc2)s1. The zero-order chi connectivity index (χ0) is 16.4. The first kappa shape index (κ1) is 15.7. The van der Waals surface area contributed by atoms with Gasteiger partial charge in [0, 0.05) is 35.1 Å². The summed E-state index contributed by atoms with van der Waals surface area (Å²) in [7, 11) is 0. The number of thiophene rings is 1. The third-order valence-electron chi connectivity index (χ3n) is 4.17. The van der Waals surface area contributed by atoms with Crippen LogP contribution in [0.5, 0.6) is 0 Å². The summed E-state index contributed by atoms with van der Waals surface area (Å²) >= 11 is 1.56. The Labute approximate surface area is 138 Å². The maximum Gasteiger partial charge on any atom is 0.309 e. The van der Waals surface area contributed by atoms with Crippen molar-refractivity contribution in [2.75, 3.05) is 6.54 Å². The second-order valence-electron chi connectivity index (χ2n) is 5.74. The van der Waals surface area contributed by atoms with Gasteiger partial charge in [-0.3, -0.25) is 14.6 Å². The molecule has 0 spiro atoms. The number of carboxylic acid groups (broad SMARTS) is 1. The molecule has 1 aliphatic rings. The minimum Gasteiger partial charge on any atom is -0.481 e. The van der Waals surface area contributed by atoms with Crippen LogP contribution >= 0.6 is 11.3 Å². The van der Waals surface area contributed by atoms with Crippen LogP contribution in [0.2, 0.25) is 0 Å². The van der Waals surface area contributed by atoms with Gasteiger partial charge in [-0.1, -0.05) is 6.07 Å². The van der Waals surface area contributed by atoms with Crippen LogP contribution in [0.15, 0.2) is 36.7 Å². The van der Waals surface area contributed by atoms with Gasteiger partial charge in [-0.05, 0) is 37.1 Å². The molecule has 2 aromatic rings. The van der Waals surface area contributed by atoms with Gasteiger partial charge in [0.25, 0.3) is 0 Å². The molecule has 5 nitrogen and oxygen atoms in total. The molecule has 23 heavy (non-hydrogen) atoms. The van der Waals surface area contributed by atoms with Crippen LogP contribution in [0.1, 0.15) is 27.8 Å². The van der Waals surface area contributed by atoms with E-state index in [0.29, 0.717) is 13.0 Å². The highest BCUT2D eigenvalue weighted by Gasteiger charge is 2.44. The number of nitrogens with zero attached hydrogens (tertiary/aromatic N) is 2. The minimum absolute atomic E-state index is 0.0734. The quantitative estimate of drug-likeness (QED) is 0.915. The first-order valence-corrected chi connectivity index (χ1v) is 8.35. The molecule has 120 valence electrons. The van der Waals surface area contributed by atoms with Crippen LogP contribution in [-0.2, 0) is 16.0 Å². The number of hydrogen-bond donors (Lipinski definition) is 1. The Morgan fingerprint density at radius 1 is 1.43 bits per heavy atom. The molecule has 2 aromatic heterocycles. The molecule has 0 unspecified atom stereocenters. The Balaban J connectivity index is 1.83. The maximum atomic E-state index is 12.4. The summed E-state index contributed by atoms with van der Waals surface area (Å²) in [5, 5.41) is 9.49. The first-order valence-electron chi connectivity index (χ1n) is 7.54. The van der Waals surface area contributed by atoms with Gasteiger partial charge in [0.1, 0.15) is 0 Å². The third-order valence-corrected chi connectivity index (χ3v) is 5.24. The lowest BCUT2D eigenvalue weighted by molar-refractivity contribution is -0.142. The molecule has 0 aromatic carbocycles. The second kappa shape index (κ2) is 6.50. The summed E-state index contributed by atoms with van der Waals surface area (Å²) < 4.78 is 0. The molecule has 0 saturated carbocycles. The molecule has 6 heteroatoms. The number of amides is 1. The fourth-order valence-corrected chi connectivity index (χ4v) is 4.09. The Morgan fingerprint density at radius 3 is 2.87 bits per heavy atom. The molecular weight excluding hydrogens is 312 g/mol.